The van der Waals surface area contributed by atoms with Gasteiger partial charge in [-0.25, -0.2) is 0 Å². The van der Waals surface area contributed by atoms with E-state index in [4.69, 9.17) is 16.3 Å². The number of ketones is 1. The summed E-state index contributed by atoms with van der Waals surface area (Å²) >= 11 is 6.03. The molecular weight excluding hydrogens is 274 g/mol. The Morgan fingerprint density at radius 2 is 2.25 bits per heavy atom. The number of ether oxygens (including phenoxy) is 1. The fourth-order valence-corrected chi connectivity index (χ4v) is 3.19. The molecule has 3 nitrogen and oxygen atoms in total. The second-order valence-electron chi connectivity index (χ2n) is 5.79. The van der Waals surface area contributed by atoms with Crippen LogP contribution in [-0.2, 0) is 11.2 Å². The number of methoxy groups -OCH3 is 1. The van der Waals surface area contributed by atoms with Crippen molar-refractivity contribution < 1.29 is 9.53 Å². The molecule has 20 heavy (non-hydrogen) atoms. The molecular formula is C16H22ClNO2. The summed E-state index contributed by atoms with van der Waals surface area (Å²) in [6, 6.07) is 5.43. The lowest BCUT2D eigenvalue weighted by molar-refractivity contribution is -0.129. The van der Waals surface area contributed by atoms with Gasteiger partial charge in [0.1, 0.15) is 11.5 Å². The highest BCUT2D eigenvalue weighted by atomic mass is 35.5. The van der Waals surface area contributed by atoms with Crippen molar-refractivity contribution in [3.05, 3.63) is 28.8 Å². The molecule has 4 heteroatoms. The first kappa shape index (κ1) is 15.3. The van der Waals surface area contributed by atoms with Crippen molar-refractivity contribution in [1.82, 2.24) is 5.32 Å². The van der Waals surface area contributed by atoms with Gasteiger partial charge in [0.15, 0.2) is 0 Å². The molecule has 0 bridgehead atoms. The highest BCUT2D eigenvalue weighted by Gasteiger charge is 2.43. The van der Waals surface area contributed by atoms with Crippen molar-refractivity contribution in [3.63, 3.8) is 0 Å². The van der Waals surface area contributed by atoms with E-state index in [9.17, 15) is 4.79 Å². The molecule has 1 aliphatic rings. The Kier molecular flexibility index (Phi) is 4.71. The molecule has 1 aromatic rings. The molecule has 0 amide bonds. The van der Waals surface area contributed by atoms with Gasteiger partial charge in [-0.1, -0.05) is 25.4 Å². The number of rotatable bonds is 5. The van der Waals surface area contributed by atoms with Crippen LogP contribution in [0.5, 0.6) is 5.75 Å². The minimum absolute atomic E-state index is 0.257. The maximum atomic E-state index is 12.8. The molecule has 0 saturated carbocycles. The average molecular weight is 296 g/mol. The molecule has 0 radical (unpaired) electrons. The standard InChI is InChI=1S/C16H22ClNO2/c1-11(2)16(6-7-18-10-16)15(19)9-12-8-13(17)4-5-14(12)20-3/h4-5,8,11,18H,6-7,9-10H2,1-3H3. The highest BCUT2D eigenvalue weighted by molar-refractivity contribution is 6.30. The van der Waals surface area contributed by atoms with Crippen LogP contribution in [0.25, 0.3) is 0 Å². The van der Waals surface area contributed by atoms with E-state index in [1.807, 2.05) is 12.1 Å². The van der Waals surface area contributed by atoms with E-state index in [0.717, 1.165) is 30.8 Å². The van der Waals surface area contributed by atoms with E-state index in [1.165, 1.54) is 0 Å². The Labute approximate surface area is 125 Å². The van der Waals surface area contributed by atoms with E-state index < -0.39 is 0 Å². The van der Waals surface area contributed by atoms with E-state index in [2.05, 4.69) is 19.2 Å². The maximum Gasteiger partial charge on any atom is 0.145 e. The summed E-state index contributed by atoms with van der Waals surface area (Å²) in [6.45, 7) is 5.93. The van der Waals surface area contributed by atoms with Crippen molar-refractivity contribution in [3.8, 4) is 5.75 Å². The SMILES string of the molecule is COc1ccc(Cl)cc1CC(=O)C1(C(C)C)CCNC1. The van der Waals surface area contributed by atoms with Crippen LogP contribution >= 0.6 is 11.6 Å². The fourth-order valence-electron chi connectivity index (χ4n) is 3.00. The van der Waals surface area contributed by atoms with E-state index in [-0.39, 0.29) is 11.2 Å². The second kappa shape index (κ2) is 6.15. The van der Waals surface area contributed by atoms with Gasteiger partial charge in [-0.15, -0.1) is 0 Å². The second-order valence-corrected chi connectivity index (χ2v) is 6.23. The molecule has 1 fully saturated rings. The largest absolute Gasteiger partial charge is 0.496 e. The van der Waals surface area contributed by atoms with Crippen LogP contribution in [0, 0.1) is 11.3 Å². The van der Waals surface area contributed by atoms with Crippen molar-refractivity contribution in [2.75, 3.05) is 20.2 Å². The van der Waals surface area contributed by atoms with Crippen LogP contribution in [0.3, 0.4) is 0 Å². The molecule has 1 aliphatic heterocycles. The normalized spacial score (nSPS) is 22.2. The third-order valence-corrected chi connectivity index (χ3v) is 4.68. The maximum absolute atomic E-state index is 12.8. The van der Waals surface area contributed by atoms with Gasteiger partial charge in [0.05, 0.1) is 7.11 Å². The quantitative estimate of drug-likeness (QED) is 0.907. The molecule has 110 valence electrons. The smallest absolute Gasteiger partial charge is 0.145 e. The van der Waals surface area contributed by atoms with E-state index in [1.54, 1.807) is 13.2 Å². The van der Waals surface area contributed by atoms with E-state index in [0.29, 0.717) is 17.4 Å². The zero-order valence-electron chi connectivity index (χ0n) is 12.3. The molecule has 1 unspecified atom stereocenters. The van der Waals surface area contributed by atoms with Crippen LogP contribution in [0.1, 0.15) is 25.8 Å². The summed E-state index contributed by atoms with van der Waals surface area (Å²) in [5.74, 6) is 1.33. The molecule has 1 heterocycles. The lowest BCUT2D eigenvalue weighted by Crippen LogP contribution is -2.39. The summed E-state index contributed by atoms with van der Waals surface area (Å²) < 4.78 is 5.33. The van der Waals surface area contributed by atoms with Gasteiger partial charge in [0.25, 0.3) is 0 Å². The monoisotopic (exact) mass is 295 g/mol. The Bertz CT molecular complexity index is 493. The summed E-state index contributed by atoms with van der Waals surface area (Å²) in [6.07, 6.45) is 1.29. The number of carbonyl (C=O) groups excluding carboxylic acids is 1. The van der Waals surface area contributed by atoms with Crippen LogP contribution < -0.4 is 10.1 Å². The van der Waals surface area contributed by atoms with Crippen molar-refractivity contribution in [1.29, 1.82) is 0 Å². The summed E-state index contributed by atoms with van der Waals surface area (Å²) in [4.78, 5) is 12.8. The van der Waals surface area contributed by atoms with Gasteiger partial charge >= 0.3 is 0 Å². The average Bonchev–Trinajstić information content (AvgIpc) is 2.89. The Balaban J connectivity index is 2.25. The minimum Gasteiger partial charge on any atom is -0.496 e. The summed E-state index contributed by atoms with van der Waals surface area (Å²) in [5, 5.41) is 3.96. The Morgan fingerprint density at radius 3 is 2.80 bits per heavy atom. The first-order valence-electron chi connectivity index (χ1n) is 7.06. The number of halogens is 1. The first-order valence-corrected chi connectivity index (χ1v) is 7.44. The minimum atomic E-state index is -0.257. The molecule has 0 aromatic heterocycles. The zero-order chi connectivity index (χ0) is 14.8. The molecule has 1 aromatic carbocycles. The van der Waals surface area contributed by atoms with E-state index >= 15 is 0 Å². The van der Waals surface area contributed by atoms with Crippen LogP contribution in [-0.4, -0.2) is 26.0 Å². The Hall–Kier alpha value is -1.06. The summed E-state index contributed by atoms with van der Waals surface area (Å²) in [5.41, 5.74) is 0.616. The third-order valence-electron chi connectivity index (χ3n) is 4.44. The molecule has 0 aliphatic carbocycles. The van der Waals surface area contributed by atoms with Crippen molar-refractivity contribution in [2.24, 2.45) is 11.3 Å². The highest BCUT2D eigenvalue weighted by Crippen LogP contribution is 2.37. The molecule has 2 rings (SSSR count). The van der Waals surface area contributed by atoms with Gasteiger partial charge < -0.3 is 10.1 Å². The zero-order valence-corrected chi connectivity index (χ0v) is 13.1. The third kappa shape index (κ3) is 2.84. The predicted molar refractivity (Wildman–Crippen MR) is 81.5 cm³/mol. The topological polar surface area (TPSA) is 38.3 Å². The number of benzene rings is 1. The number of Topliss-reactive ketones (excluding diaryl/α,β-unsaturated/α-hetero) is 1. The first-order chi connectivity index (χ1) is 9.49. The molecule has 1 atom stereocenters. The molecule has 1 N–H and O–H groups in total. The van der Waals surface area contributed by atoms with Gasteiger partial charge in [-0.2, -0.15) is 0 Å². The molecule has 0 spiro atoms. The van der Waals surface area contributed by atoms with Crippen LogP contribution in [0.15, 0.2) is 18.2 Å². The lowest BCUT2D eigenvalue weighted by atomic mass is 9.71. The van der Waals surface area contributed by atoms with Crippen LogP contribution in [0.4, 0.5) is 0 Å². The van der Waals surface area contributed by atoms with Gasteiger partial charge in [-0.3, -0.25) is 4.79 Å². The van der Waals surface area contributed by atoms with Gasteiger partial charge in [0, 0.05) is 29.0 Å². The lowest BCUT2D eigenvalue weighted by Gasteiger charge is -2.31. The Morgan fingerprint density at radius 1 is 1.50 bits per heavy atom. The number of nitrogens with one attached hydrogen (secondary N) is 1. The predicted octanol–water partition coefficient (Wildman–Crippen LogP) is 3.10. The van der Waals surface area contributed by atoms with Crippen molar-refractivity contribution in [2.45, 2.75) is 26.7 Å². The summed E-state index contributed by atoms with van der Waals surface area (Å²) in [7, 11) is 1.62. The van der Waals surface area contributed by atoms with Crippen LogP contribution in [0.2, 0.25) is 5.02 Å². The van der Waals surface area contributed by atoms with Crippen molar-refractivity contribution >= 4 is 17.4 Å². The number of hydrogen-bond donors (Lipinski definition) is 1. The molecule has 1 saturated heterocycles. The van der Waals surface area contributed by atoms with Gasteiger partial charge in [0.2, 0.25) is 0 Å². The van der Waals surface area contributed by atoms with Gasteiger partial charge in [-0.05, 0) is 37.1 Å². The number of hydrogen-bond acceptors (Lipinski definition) is 3. The number of carbonyl (C=O) groups is 1. The fraction of sp³-hybridized carbons (Fsp3) is 0.562.